The quantitative estimate of drug-likeness (QED) is 0.670. The van der Waals surface area contributed by atoms with E-state index in [1.54, 1.807) is 0 Å². The summed E-state index contributed by atoms with van der Waals surface area (Å²) in [4.78, 5) is 17.1. The third-order valence-electron chi connectivity index (χ3n) is 7.14. The minimum absolute atomic E-state index is 0.178. The summed E-state index contributed by atoms with van der Waals surface area (Å²) in [6, 6.07) is 19.7. The van der Waals surface area contributed by atoms with Crippen molar-refractivity contribution < 1.29 is 9.53 Å². The second-order valence-corrected chi connectivity index (χ2v) is 8.86. The van der Waals surface area contributed by atoms with Gasteiger partial charge in [-0.25, -0.2) is 0 Å². The maximum Gasteiger partial charge on any atom is 0.226 e. The Hall–Kier alpha value is -2.63. The zero-order valence-electron chi connectivity index (χ0n) is 17.2. The second-order valence-electron chi connectivity index (χ2n) is 8.86. The smallest absolute Gasteiger partial charge is 0.226 e. The van der Waals surface area contributed by atoms with Gasteiger partial charge in [0.2, 0.25) is 5.91 Å². The first-order chi connectivity index (χ1) is 14.7. The molecule has 4 heterocycles. The van der Waals surface area contributed by atoms with Crippen molar-refractivity contribution in [3.63, 3.8) is 0 Å². The SMILES string of the molecule is O=C1C[C@H]2N(Cc3ccc4ccn(Cc5ccccc5)c4c3)CC[C@]23OCCCN13. The third kappa shape index (κ3) is 2.80. The van der Waals surface area contributed by atoms with Crippen LogP contribution < -0.4 is 0 Å². The summed E-state index contributed by atoms with van der Waals surface area (Å²) in [7, 11) is 0. The summed E-state index contributed by atoms with van der Waals surface area (Å²) in [5, 5.41) is 1.27. The molecular weight excluding hydrogens is 374 g/mol. The minimum Gasteiger partial charge on any atom is -0.354 e. The Morgan fingerprint density at radius 3 is 2.80 bits per heavy atom. The number of hydrogen-bond acceptors (Lipinski definition) is 3. The van der Waals surface area contributed by atoms with E-state index in [0.717, 1.165) is 45.6 Å². The molecule has 3 saturated heterocycles. The number of ether oxygens (including phenoxy) is 1. The van der Waals surface area contributed by atoms with Crippen molar-refractivity contribution in [2.45, 2.75) is 44.1 Å². The van der Waals surface area contributed by atoms with Crippen LogP contribution in [0, 0.1) is 0 Å². The van der Waals surface area contributed by atoms with E-state index in [4.69, 9.17) is 4.74 Å². The predicted octanol–water partition coefficient (Wildman–Crippen LogP) is 3.61. The van der Waals surface area contributed by atoms with Crippen LogP contribution in [0.2, 0.25) is 0 Å². The Bertz CT molecular complexity index is 1090. The van der Waals surface area contributed by atoms with E-state index in [9.17, 15) is 4.79 Å². The molecule has 0 unspecified atom stereocenters. The first-order valence-electron chi connectivity index (χ1n) is 11.0. The van der Waals surface area contributed by atoms with Crippen LogP contribution in [0.5, 0.6) is 0 Å². The number of rotatable bonds is 4. The van der Waals surface area contributed by atoms with E-state index < -0.39 is 0 Å². The zero-order valence-corrected chi connectivity index (χ0v) is 17.2. The first-order valence-corrected chi connectivity index (χ1v) is 11.0. The highest BCUT2D eigenvalue weighted by Gasteiger charge is 2.60. The number of carbonyl (C=O) groups is 1. The normalized spacial score (nSPS) is 26.3. The van der Waals surface area contributed by atoms with Gasteiger partial charge in [0.15, 0.2) is 5.72 Å². The Morgan fingerprint density at radius 2 is 1.90 bits per heavy atom. The van der Waals surface area contributed by atoms with Crippen LogP contribution >= 0.6 is 0 Å². The van der Waals surface area contributed by atoms with Crippen molar-refractivity contribution in [3.05, 3.63) is 71.9 Å². The van der Waals surface area contributed by atoms with Crippen molar-refractivity contribution in [2.24, 2.45) is 0 Å². The molecule has 1 spiro atoms. The van der Waals surface area contributed by atoms with Crippen LogP contribution in [0.15, 0.2) is 60.8 Å². The molecule has 154 valence electrons. The molecule has 3 aliphatic heterocycles. The Labute approximate surface area is 176 Å². The monoisotopic (exact) mass is 401 g/mol. The number of likely N-dealkylation sites (tertiary alicyclic amines) is 1. The lowest BCUT2D eigenvalue weighted by molar-refractivity contribution is -0.180. The molecule has 30 heavy (non-hydrogen) atoms. The van der Waals surface area contributed by atoms with Gasteiger partial charge in [-0.3, -0.25) is 9.69 Å². The molecule has 0 N–H and O–H groups in total. The molecule has 1 aromatic heterocycles. The average molecular weight is 402 g/mol. The fourth-order valence-electron chi connectivity index (χ4n) is 5.70. The first kappa shape index (κ1) is 18.2. The van der Waals surface area contributed by atoms with E-state index in [-0.39, 0.29) is 17.7 Å². The topological polar surface area (TPSA) is 37.7 Å². The number of fused-ring (bicyclic) bond motifs is 1. The summed E-state index contributed by atoms with van der Waals surface area (Å²) in [6.45, 7) is 4.34. The molecule has 3 aliphatic rings. The van der Waals surface area contributed by atoms with Gasteiger partial charge in [0.25, 0.3) is 0 Å². The van der Waals surface area contributed by atoms with E-state index >= 15 is 0 Å². The van der Waals surface area contributed by atoms with Crippen LogP contribution in [-0.2, 0) is 22.6 Å². The maximum absolute atomic E-state index is 12.6. The lowest BCUT2D eigenvalue weighted by Gasteiger charge is -2.42. The molecule has 6 rings (SSSR count). The lowest BCUT2D eigenvalue weighted by atomic mass is 10.0. The largest absolute Gasteiger partial charge is 0.354 e. The average Bonchev–Trinajstić information content (AvgIpc) is 3.40. The van der Waals surface area contributed by atoms with Gasteiger partial charge in [-0.05, 0) is 35.1 Å². The molecule has 1 amide bonds. The standard InChI is InChI=1S/C25H27N3O2/c29-24-16-23-25(28(24)11-4-14-30-25)10-13-27(23)18-20-7-8-21-9-12-26(22(21)15-20)17-19-5-2-1-3-6-19/h1-3,5-9,12,15,23H,4,10-11,13-14,16-18H2/t23-,25+/m1/s1. The number of hydrogen-bond donors (Lipinski definition) is 0. The van der Waals surface area contributed by atoms with Gasteiger partial charge in [-0.15, -0.1) is 0 Å². The van der Waals surface area contributed by atoms with Crippen LogP contribution in [0.25, 0.3) is 10.9 Å². The highest BCUT2D eigenvalue weighted by molar-refractivity contribution is 5.82. The van der Waals surface area contributed by atoms with E-state index in [2.05, 4.69) is 70.3 Å². The van der Waals surface area contributed by atoms with Crippen LogP contribution in [-0.4, -0.2) is 51.7 Å². The van der Waals surface area contributed by atoms with Crippen molar-refractivity contribution in [1.82, 2.24) is 14.4 Å². The highest BCUT2D eigenvalue weighted by Crippen LogP contribution is 2.45. The summed E-state index contributed by atoms with van der Waals surface area (Å²) in [5.41, 5.74) is 3.51. The van der Waals surface area contributed by atoms with Gasteiger partial charge in [0.05, 0.1) is 12.6 Å². The van der Waals surface area contributed by atoms with E-state index in [1.165, 1.54) is 22.0 Å². The summed E-state index contributed by atoms with van der Waals surface area (Å²) < 4.78 is 8.58. The molecule has 0 saturated carbocycles. The van der Waals surface area contributed by atoms with Crippen LogP contribution in [0.3, 0.4) is 0 Å². The van der Waals surface area contributed by atoms with Gasteiger partial charge in [0, 0.05) is 50.7 Å². The number of amides is 1. The predicted molar refractivity (Wildman–Crippen MR) is 116 cm³/mol. The minimum atomic E-state index is -0.368. The van der Waals surface area contributed by atoms with Gasteiger partial charge in [-0.1, -0.05) is 42.5 Å². The van der Waals surface area contributed by atoms with Gasteiger partial charge >= 0.3 is 0 Å². The maximum atomic E-state index is 12.6. The summed E-state index contributed by atoms with van der Waals surface area (Å²) in [6.07, 6.45) is 4.65. The summed E-state index contributed by atoms with van der Waals surface area (Å²) >= 11 is 0. The molecule has 0 aliphatic carbocycles. The van der Waals surface area contributed by atoms with Crippen molar-refractivity contribution in [1.29, 1.82) is 0 Å². The highest BCUT2D eigenvalue weighted by atomic mass is 16.5. The fourth-order valence-corrected chi connectivity index (χ4v) is 5.70. The van der Waals surface area contributed by atoms with Gasteiger partial charge in [-0.2, -0.15) is 0 Å². The van der Waals surface area contributed by atoms with Crippen LogP contribution in [0.4, 0.5) is 0 Å². The Kier molecular flexibility index (Phi) is 4.22. The van der Waals surface area contributed by atoms with Crippen molar-refractivity contribution in [3.8, 4) is 0 Å². The molecule has 2 atom stereocenters. The fraction of sp³-hybridized carbons (Fsp3) is 0.400. The van der Waals surface area contributed by atoms with Crippen molar-refractivity contribution in [2.75, 3.05) is 19.7 Å². The van der Waals surface area contributed by atoms with Crippen molar-refractivity contribution >= 4 is 16.8 Å². The molecule has 5 heteroatoms. The Morgan fingerprint density at radius 1 is 1.00 bits per heavy atom. The molecule has 0 radical (unpaired) electrons. The number of nitrogens with zero attached hydrogens (tertiary/aromatic N) is 3. The zero-order chi connectivity index (χ0) is 20.1. The molecule has 3 fully saturated rings. The van der Waals surface area contributed by atoms with Crippen LogP contribution in [0.1, 0.15) is 30.4 Å². The lowest BCUT2D eigenvalue weighted by Crippen LogP contribution is -2.56. The molecule has 0 bridgehead atoms. The number of benzene rings is 2. The number of carbonyl (C=O) groups excluding carboxylic acids is 1. The Balaban J connectivity index is 1.26. The number of aromatic nitrogens is 1. The molecular formula is C25H27N3O2. The van der Waals surface area contributed by atoms with E-state index in [1.807, 2.05) is 4.90 Å². The molecule has 3 aromatic rings. The molecule has 2 aromatic carbocycles. The van der Waals surface area contributed by atoms with Gasteiger partial charge in [0.1, 0.15) is 0 Å². The third-order valence-corrected chi connectivity index (χ3v) is 7.14. The second kappa shape index (κ2) is 6.96. The molecule has 5 nitrogen and oxygen atoms in total. The van der Waals surface area contributed by atoms with E-state index in [0.29, 0.717) is 6.42 Å². The van der Waals surface area contributed by atoms with Gasteiger partial charge < -0.3 is 14.2 Å². The summed E-state index contributed by atoms with van der Waals surface area (Å²) in [5.74, 6) is 0.261.